The number of hydrogen-bond donors (Lipinski definition) is 0. The summed E-state index contributed by atoms with van der Waals surface area (Å²) in [5, 5.41) is 0. The van der Waals surface area contributed by atoms with Crippen molar-refractivity contribution >= 4 is 0 Å². The Balaban J connectivity index is 1.80. The summed E-state index contributed by atoms with van der Waals surface area (Å²) in [6.07, 6.45) is 7.09. The molecule has 0 N–H and O–H groups in total. The molecule has 1 heteroatoms. The van der Waals surface area contributed by atoms with E-state index in [-0.39, 0.29) is 0 Å². The zero-order chi connectivity index (χ0) is 12.6. The third-order valence-corrected chi connectivity index (χ3v) is 5.59. The van der Waals surface area contributed by atoms with Crippen molar-refractivity contribution in [2.24, 2.45) is 0 Å². The summed E-state index contributed by atoms with van der Waals surface area (Å²) in [5.74, 6) is 0.826. The van der Waals surface area contributed by atoms with Crippen LogP contribution in [0, 0.1) is 0 Å². The van der Waals surface area contributed by atoms with Crippen molar-refractivity contribution < 1.29 is 4.48 Å². The topological polar surface area (TPSA) is 0 Å². The summed E-state index contributed by atoms with van der Waals surface area (Å²) < 4.78 is 1.37. The second-order valence-electron chi connectivity index (χ2n) is 6.53. The SMILES string of the molecule is CCC[N+]1(C)[C@@H]2CC[C@H]1CC(c1ccccc1)C2. The Morgan fingerprint density at radius 1 is 1.06 bits per heavy atom. The molecule has 18 heavy (non-hydrogen) atoms. The van der Waals surface area contributed by atoms with Crippen molar-refractivity contribution in [3.63, 3.8) is 0 Å². The van der Waals surface area contributed by atoms with E-state index in [1.807, 2.05) is 0 Å². The Labute approximate surface area is 111 Å². The molecule has 0 radical (unpaired) electrons. The summed E-state index contributed by atoms with van der Waals surface area (Å²) >= 11 is 0. The molecule has 98 valence electrons. The van der Waals surface area contributed by atoms with Gasteiger partial charge in [0.25, 0.3) is 0 Å². The Hall–Kier alpha value is -0.820. The predicted molar refractivity (Wildman–Crippen MR) is 76.6 cm³/mol. The maximum Gasteiger partial charge on any atom is 0.0898 e. The Morgan fingerprint density at radius 2 is 1.67 bits per heavy atom. The molecule has 2 saturated heterocycles. The van der Waals surface area contributed by atoms with Crippen molar-refractivity contribution in [3.8, 4) is 0 Å². The number of fused-ring (bicyclic) bond motifs is 2. The van der Waals surface area contributed by atoms with E-state index in [4.69, 9.17) is 0 Å². The Kier molecular flexibility index (Phi) is 3.19. The molecule has 0 amide bonds. The summed E-state index contributed by atoms with van der Waals surface area (Å²) in [6.45, 7) is 3.73. The molecule has 0 spiro atoms. The lowest BCUT2D eigenvalue weighted by Gasteiger charge is -2.47. The minimum Gasteiger partial charge on any atom is -0.321 e. The van der Waals surface area contributed by atoms with Crippen LogP contribution in [-0.4, -0.2) is 30.2 Å². The highest BCUT2D eigenvalue weighted by Crippen LogP contribution is 2.46. The maximum atomic E-state index is 2.52. The van der Waals surface area contributed by atoms with Gasteiger partial charge in [-0.25, -0.2) is 0 Å². The van der Waals surface area contributed by atoms with E-state index < -0.39 is 0 Å². The summed E-state index contributed by atoms with van der Waals surface area (Å²) in [7, 11) is 2.52. The van der Waals surface area contributed by atoms with E-state index in [2.05, 4.69) is 44.3 Å². The van der Waals surface area contributed by atoms with E-state index >= 15 is 0 Å². The van der Waals surface area contributed by atoms with Gasteiger partial charge in [-0.1, -0.05) is 37.3 Å². The first kappa shape index (κ1) is 12.2. The van der Waals surface area contributed by atoms with E-state index in [1.165, 1.54) is 43.1 Å². The number of benzene rings is 1. The number of nitrogens with zero attached hydrogens (tertiary/aromatic N) is 1. The van der Waals surface area contributed by atoms with Crippen LogP contribution in [0.3, 0.4) is 0 Å². The van der Waals surface area contributed by atoms with E-state index in [0.717, 1.165) is 18.0 Å². The molecular formula is C17H26N+. The monoisotopic (exact) mass is 244 g/mol. The highest BCUT2D eigenvalue weighted by Gasteiger charge is 2.50. The second kappa shape index (κ2) is 4.70. The molecule has 1 aromatic rings. The van der Waals surface area contributed by atoms with Gasteiger partial charge in [-0.05, 0) is 17.9 Å². The summed E-state index contributed by atoms with van der Waals surface area (Å²) in [6, 6.07) is 13.1. The number of hydrogen-bond acceptors (Lipinski definition) is 0. The van der Waals surface area contributed by atoms with Crippen LogP contribution in [0.5, 0.6) is 0 Å². The molecule has 1 aromatic carbocycles. The van der Waals surface area contributed by atoms with Crippen molar-refractivity contribution in [2.75, 3.05) is 13.6 Å². The van der Waals surface area contributed by atoms with Crippen molar-refractivity contribution in [1.29, 1.82) is 0 Å². The molecule has 2 aliphatic heterocycles. The third kappa shape index (κ3) is 1.89. The van der Waals surface area contributed by atoms with Crippen LogP contribution in [0.4, 0.5) is 0 Å². The number of quaternary nitrogens is 1. The maximum absolute atomic E-state index is 2.52. The van der Waals surface area contributed by atoms with Crippen LogP contribution < -0.4 is 0 Å². The van der Waals surface area contributed by atoms with Crippen molar-refractivity contribution in [3.05, 3.63) is 35.9 Å². The molecule has 2 heterocycles. The van der Waals surface area contributed by atoms with Gasteiger partial charge in [0.15, 0.2) is 0 Å². The predicted octanol–water partition coefficient (Wildman–Crippen LogP) is 3.95. The molecule has 2 fully saturated rings. The zero-order valence-electron chi connectivity index (χ0n) is 11.8. The lowest BCUT2D eigenvalue weighted by molar-refractivity contribution is -0.948. The van der Waals surface area contributed by atoms with Crippen LogP contribution in [0.15, 0.2) is 30.3 Å². The van der Waals surface area contributed by atoms with Crippen LogP contribution in [0.25, 0.3) is 0 Å². The molecule has 0 saturated carbocycles. The van der Waals surface area contributed by atoms with Crippen molar-refractivity contribution in [2.45, 2.75) is 57.0 Å². The number of rotatable bonds is 3. The molecule has 2 bridgehead atoms. The first-order valence-corrected chi connectivity index (χ1v) is 7.64. The van der Waals surface area contributed by atoms with Gasteiger partial charge >= 0.3 is 0 Å². The minimum absolute atomic E-state index is 0.826. The third-order valence-electron chi connectivity index (χ3n) is 5.59. The molecule has 3 rings (SSSR count). The first-order valence-electron chi connectivity index (χ1n) is 7.64. The normalized spacial score (nSPS) is 38.9. The van der Waals surface area contributed by atoms with Crippen LogP contribution in [-0.2, 0) is 0 Å². The average molecular weight is 244 g/mol. The quantitative estimate of drug-likeness (QED) is 0.706. The highest BCUT2D eigenvalue weighted by atomic mass is 15.4. The van der Waals surface area contributed by atoms with Gasteiger partial charge in [-0.3, -0.25) is 0 Å². The van der Waals surface area contributed by atoms with Gasteiger partial charge in [0.05, 0.1) is 25.7 Å². The van der Waals surface area contributed by atoms with Gasteiger partial charge in [0.2, 0.25) is 0 Å². The smallest absolute Gasteiger partial charge is 0.0898 e. The Bertz CT molecular complexity index is 383. The molecule has 4 atom stereocenters. The highest BCUT2D eigenvalue weighted by molar-refractivity contribution is 5.20. The molecule has 0 aliphatic carbocycles. The van der Waals surface area contributed by atoms with Gasteiger partial charge in [0, 0.05) is 25.7 Å². The summed E-state index contributed by atoms with van der Waals surface area (Å²) in [4.78, 5) is 0. The van der Waals surface area contributed by atoms with Crippen LogP contribution in [0.2, 0.25) is 0 Å². The van der Waals surface area contributed by atoms with E-state index in [0.29, 0.717) is 0 Å². The fourth-order valence-corrected chi connectivity index (χ4v) is 4.59. The first-order chi connectivity index (χ1) is 8.74. The standard InChI is InChI=1S/C17H26N/c1-3-11-18(2)16-9-10-17(18)13-15(12-16)14-7-5-4-6-8-14/h4-8,15-17H,3,9-13H2,1-2H3/q+1/t15?,16-,17+,18?. The van der Waals surface area contributed by atoms with Crippen molar-refractivity contribution in [1.82, 2.24) is 0 Å². The van der Waals surface area contributed by atoms with Gasteiger partial charge < -0.3 is 4.48 Å². The summed E-state index contributed by atoms with van der Waals surface area (Å²) in [5.41, 5.74) is 1.58. The molecule has 0 aromatic heterocycles. The van der Waals surface area contributed by atoms with E-state index in [1.54, 1.807) is 5.56 Å². The minimum atomic E-state index is 0.826. The lowest BCUT2D eigenvalue weighted by Crippen LogP contribution is -2.57. The molecule has 1 nitrogen and oxygen atoms in total. The van der Waals surface area contributed by atoms with Gasteiger partial charge in [-0.2, -0.15) is 0 Å². The lowest BCUT2D eigenvalue weighted by atomic mass is 9.83. The average Bonchev–Trinajstić information content (AvgIpc) is 2.58. The van der Waals surface area contributed by atoms with Gasteiger partial charge in [-0.15, -0.1) is 0 Å². The fraction of sp³-hybridized carbons (Fsp3) is 0.647. The largest absolute Gasteiger partial charge is 0.321 e. The number of piperidine rings is 1. The fourth-order valence-electron chi connectivity index (χ4n) is 4.59. The van der Waals surface area contributed by atoms with E-state index in [9.17, 15) is 0 Å². The molecule has 2 aliphatic rings. The Morgan fingerprint density at radius 3 is 2.22 bits per heavy atom. The second-order valence-corrected chi connectivity index (χ2v) is 6.53. The zero-order valence-corrected chi connectivity index (χ0v) is 11.8. The molecular weight excluding hydrogens is 218 g/mol. The van der Waals surface area contributed by atoms with Crippen LogP contribution in [0.1, 0.15) is 50.5 Å². The molecule has 2 unspecified atom stereocenters. The van der Waals surface area contributed by atoms with Crippen LogP contribution >= 0.6 is 0 Å². The van der Waals surface area contributed by atoms with Gasteiger partial charge in [0.1, 0.15) is 0 Å².